The third kappa shape index (κ3) is 4.35. The summed E-state index contributed by atoms with van der Waals surface area (Å²) >= 11 is 6.50. The summed E-state index contributed by atoms with van der Waals surface area (Å²) in [5.41, 5.74) is 2.35. The maximum Gasteiger partial charge on any atom is 0.0643 e. The van der Waals surface area contributed by atoms with Crippen LogP contribution in [0.5, 0.6) is 0 Å². The van der Waals surface area contributed by atoms with Gasteiger partial charge in [0.25, 0.3) is 0 Å². The van der Waals surface area contributed by atoms with Crippen molar-refractivity contribution in [2.75, 3.05) is 24.6 Å². The molecule has 0 aromatic heterocycles. The van der Waals surface area contributed by atoms with E-state index in [1.54, 1.807) is 0 Å². The molecule has 1 atom stereocenters. The molecule has 2 rings (SSSR count). The molecule has 4 heteroatoms. The second-order valence-electron chi connectivity index (χ2n) is 5.80. The molecular weight excluding hydrogens is 284 g/mol. The van der Waals surface area contributed by atoms with Crippen LogP contribution in [0.3, 0.4) is 0 Å². The number of nitrogens with zero attached hydrogens (tertiary/aromatic N) is 1. The van der Waals surface area contributed by atoms with Crippen LogP contribution in [0.25, 0.3) is 0 Å². The minimum Gasteiger partial charge on any atom is -0.394 e. The van der Waals surface area contributed by atoms with Crippen LogP contribution in [0.2, 0.25) is 5.02 Å². The van der Waals surface area contributed by atoms with Gasteiger partial charge in [0.05, 0.1) is 23.4 Å². The number of hydrogen-bond donors (Lipinski definition) is 2. The third-order valence-corrected chi connectivity index (χ3v) is 4.49. The van der Waals surface area contributed by atoms with Crippen LogP contribution in [0.15, 0.2) is 18.2 Å². The van der Waals surface area contributed by atoms with Gasteiger partial charge in [-0.1, -0.05) is 43.5 Å². The SMILES string of the molecule is CCCNCc1cccc(Cl)c1N1CCCCCC1CO. The average molecular weight is 311 g/mol. The van der Waals surface area contributed by atoms with Crippen molar-refractivity contribution in [2.24, 2.45) is 0 Å². The molecule has 1 unspecified atom stereocenters. The normalized spacial score (nSPS) is 19.6. The van der Waals surface area contributed by atoms with E-state index in [0.717, 1.165) is 43.2 Å². The Labute approximate surface area is 133 Å². The molecule has 1 saturated heterocycles. The summed E-state index contributed by atoms with van der Waals surface area (Å²) in [6.07, 6.45) is 5.77. The highest BCUT2D eigenvalue weighted by molar-refractivity contribution is 6.33. The largest absolute Gasteiger partial charge is 0.394 e. The summed E-state index contributed by atoms with van der Waals surface area (Å²) in [6.45, 7) is 5.19. The summed E-state index contributed by atoms with van der Waals surface area (Å²) < 4.78 is 0. The van der Waals surface area contributed by atoms with E-state index in [-0.39, 0.29) is 12.6 Å². The van der Waals surface area contributed by atoms with Gasteiger partial charge in [-0.3, -0.25) is 0 Å². The quantitative estimate of drug-likeness (QED) is 0.788. The van der Waals surface area contributed by atoms with E-state index in [1.807, 2.05) is 12.1 Å². The van der Waals surface area contributed by atoms with Crippen LogP contribution < -0.4 is 10.2 Å². The average Bonchev–Trinajstić information content (AvgIpc) is 2.73. The van der Waals surface area contributed by atoms with E-state index in [9.17, 15) is 5.11 Å². The summed E-state index contributed by atoms with van der Waals surface area (Å²) in [5.74, 6) is 0. The van der Waals surface area contributed by atoms with Crippen molar-refractivity contribution in [1.82, 2.24) is 5.32 Å². The molecule has 0 saturated carbocycles. The van der Waals surface area contributed by atoms with E-state index >= 15 is 0 Å². The Bertz CT molecular complexity index is 439. The molecule has 1 heterocycles. The highest BCUT2D eigenvalue weighted by Gasteiger charge is 2.24. The lowest BCUT2D eigenvalue weighted by atomic mass is 10.1. The number of para-hydroxylation sites is 1. The number of halogens is 1. The molecule has 3 nitrogen and oxygen atoms in total. The maximum atomic E-state index is 9.74. The van der Waals surface area contributed by atoms with Crippen molar-refractivity contribution in [3.63, 3.8) is 0 Å². The van der Waals surface area contributed by atoms with Gasteiger partial charge in [0.1, 0.15) is 0 Å². The van der Waals surface area contributed by atoms with Gasteiger partial charge in [-0.2, -0.15) is 0 Å². The summed E-state index contributed by atoms with van der Waals surface area (Å²) in [7, 11) is 0. The van der Waals surface area contributed by atoms with Gasteiger partial charge < -0.3 is 15.3 Å². The van der Waals surface area contributed by atoms with Gasteiger partial charge in [0.2, 0.25) is 0 Å². The second kappa shape index (κ2) is 8.62. The van der Waals surface area contributed by atoms with Crippen molar-refractivity contribution in [3.05, 3.63) is 28.8 Å². The third-order valence-electron chi connectivity index (χ3n) is 4.19. The Hall–Kier alpha value is -0.770. The Balaban J connectivity index is 2.26. The van der Waals surface area contributed by atoms with Crippen LogP contribution in [0.4, 0.5) is 5.69 Å². The fourth-order valence-corrected chi connectivity index (χ4v) is 3.39. The number of aliphatic hydroxyl groups excluding tert-OH is 1. The van der Waals surface area contributed by atoms with Crippen molar-refractivity contribution in [3.8, 4) is 0 Å². The highest BCUT2D eigenvalue weighted by atomic mass is 35.5. The zero-order valence-corrected chi connectivity index (χ0v) is 13.7. The standard InChI is InChI=1S/C17H27ClN2O/c1-2-10-19-12-14-7-6-9-16(18)17(14)20-11-5-3-4-8-15(20)13-21/h6-7,9,15,19,21H,2-5,8,10-13H2,1H3. The first-order valence-corrected chi connectivity index (χ1v) is 8.51. The number of rotatable bonds is 6. The molecule has 2 N–H and O–H groups in total. The Kier molecular flexibility index (Phi) is 6.81. The van der Waals surface area contributed by atoms with Crippen LogP contribution in [-0.4, -0.2) is 30.8 Å². The van der Waals surface area contributed by atoms with Gasteiger partial charge in [-0.05, 0) is 37.4 Å². The van der Waals surface area contributed by atoms with Gasteiger partial charge in [-0.15, -0.1) is 0 Å². The number of nitrogens with one attached hydrogen (secondary N) is 1. The summed E-state index contributed by atoms with van der Waals surface area (Å²) in [6, 6.07) is 6.31. The summed E-state index contributed by atoms with van der Waals surface area (Å²) in [5, 5.41) is 14.0. The first-order chi connectivity index (χ1) is 10.3. The molecule has 0 aliphatic carbocycles. The molecule has 21 heavy (non-hydrogen) atoms. The number of aliphatic hydroxyl groups is 1. The van der Waals surface area contributed by atoms with Crippen molar-refractivity contribution in [2.45, 2.75) is 51.6 Å². The number of hydrogen-bond acceptors (Lipinski definition) is 3. The van der Waals surface area contributed by atoms with E-state index < -0.39 is 0 Å². The lowest BCUT2D eigenvalue weighted by molar-refractivity contribution is 0.255. The lowest BCUT2D eigenvalue weighted by Gasteiger charge is -2.33. The molecule has 0 bridgehead atoms. The van der Waals surface area contributed by atoms with Gasteiger partial charge in [-0.25, -0.2) is 0 Å². The summed E-state index contributed by atoms with van der Waals surface area (Å²) in [4.78, 5) is 2.33. The predicted molar refractivity (Wildman–Crippen MR) is 90.1 cm³/mol. The van der Waals surface area contributed by atoms with Gasteiger partial charge in [0, 0.05) is 13.1 Å². The molecule has 1 aliphatic rings. The maximum absolute atomic E-state index is 9.74. The first-order valence-electron chi connectivity index (χ1n) is 8.13. The minimum absolute atomic E-state index is 0.192. The molecule has 118 valence electrons. The Morgan fingerprint density at radius 1 is 1.33 bits per heavy atom. The zero-order valence-electron chi connectivity index (χ0n) is 12.9. The number of benzene rings is 1. The molecule has 1 aromatic carbocycles. The van der Waals surface area contributed by atoms with Crippen LogP contribution in [-0.2, 0) is 6.54 Å². The fourth-order valence-electron chi connectivity index (χ4n) is 3.09. The molecule has 1 aromatic rings. The number of anilines is 1. The molecule has 1 fully saturated rings. The fraction of sp³-hybridized carbons (Fsp3) is 0.647. The predicted octanol–water partition coefficient (Wildman–Crippen LogP) is 3.58. The van der Waals surface area contributed by atoms with Crippen molar-refractivity contribution in [1.29, 1.82) is 0 Å². The van der Waals surface area contributed by atoms with E-state index in [4.69, 9.17) is 11.6 Å². The topological polar surface area (TPSA) is 35.5 Å². The zero-order chi connectivity index (χ0) is 15.1. The van der Waals surface area contributed by atoms with Crippen molar-refractivity contribution >= 4 is 17.3 Å². The molecule has 1 aliphatic heterocycles. The Morgan fingerprint density at radius 3 is 2.95 bits per heavy atom. The van der Waals surface area contributed by atoms with E-state index in [0.29, 0.717) is 0 Å². The van der Waals surface area contributed by atoms with Gasteiger partial charge in [0.15, 0.2) is 0 Å². The molecule has 0 radical (unpaired) electrons. The van der Waals surface area contributed by atoms with E-state index in [2.05, 4.69) is 23.2 Å². The minimum atomic E-state index is 0.192. The second-order valence-corrected chi connectivity index (χ2v) is 6.21. The van der Waals surface area contributed by atoms with Crippen molar-refractivity contribution < 1.29 is 5.11 Å². The molecular formula is C17H27ClN2O. The first kappa shape index (κ1) is 16.6. The lowest BCUT2D eigenvalue weighted by Crippen LogP contribution is -2.38. The monoisotopic (exact) mass is 310 g/mol. The Morgan fingerprint density at radius 2 is 2.19 bits per heavy atom. The van der Waals surface area contributed by atoms with E-state index in [1.165, 1.54) is 24.8 Å². The van der Waals surface area contributed by atoms with Gasteiger partial charge >= 0.3 is 0 Å². The molecule has 0 amide bonds. The smallest absolute Gasteiger partial charge is 0.0643 e. The highest BCUT2D eigenvalue weighted by Crippen LogP contribution is 2.34. The van der Waals surface area contributed by atoms with Crippen LogP contribution in [0, 0.1) is 0 Å². The van der Waals surface area contributed by atoms with Crippen LogP contribution >= 0.6 is 11.6 Å². The van der Waals surface area contributed by atoms with Crippen LogP contribution in [0.1, 0.15) is 44.6 Å². The molecule has 0 spiro atoms.